The van der Waals surface area contributed by atoms with E-state index in [2.05, 4.69) is 26.2 Å². The van der Waals surface area contributed by atoms with Gasteiger partial charge in [0.05, 0.1) is 5.56 Å². The molecule has 1 unspecified atom stereocenters. The van der Waals surface area contributed by atoms with E-state index in [-0.39, 0.29) is 11.9 Å². The van der Waals surface area contributed by atoms with Gasteiger partial charge in [-0.15, -0.1) is 11.6 Å². The third-order valence-electron chi connectivity index (χ3n) is 2.08. The molecule has 0 aliphatic rings. The average molecular weight is 332 g/mol. The predicted octanol–water partition coefficient (Wildman–Crippen LogP) is 4.29. The van der Waals surface area contributed by atoms with Gasteiger partial charge in [0.25, 0.3) is 0 Å². The first-order chi connectivity index (χ1) is 7.84. The lowest BCUT2D eigenvalue weighted by molar-refractivity contribution is -0.137. The molecular weight excluding hydrogens is 320 g/mol. The highest BCUT2D eigenvalue weighted by Crippen LogP contribution is 2.35. The predicted molar refractivity (Wildman–Crippen MR) is 65.4 cm³/mol. The van der Waals surface area contributed by atoms with E-state index in [0.29, 0.717) is 16.8 Å². The van der Waals surface area contributed by atoms with Crippen LogP contribution in [0.15, 0.2) is 16.7 Å². The van der Waals surface area contributed by atoms with Crippen LogP contribution in [0.5, 0.6) is 0 Å². The van der Waals surface area contributed by atoms with Crippen LogP contribution in [0.1, 0.15) is 18.9 Å². The number of nitrogens with one attached hydrogen (secondary N) is 1. The summed E-state index contributed by atoms with van der Waals surface area (Å²) < 4.78 is 38.5. The van der Waals surface area contributed by atoms with Crippen molar-refractivity contribution in [2.24, 2.45) is 0 Å². The molecule has 17 heavy (non-hydrogen) atoms. The topological polar surface area (TPSA) is 24.9 Å². The van der Waals surface area contributed by atoms with E-state index in [4.69, 9.17) is 11.6 Å². The number of halogens is 5. The average Bonchev–Trinajstić information content (AvgIpc) is 2.19. The standard InChI is InChI=1S/C10H11BrClF3N2/c1-6(2-3-12)17-9-8(10(13,14)15)4-7(11)5-16-9/h4-6H,2-3H2,1H3,(H,16,17). The quantitative estimate of drug-likeness (QED) is 0.832. The van der Waals surface area contributed by atoms with Crippen molar-refractivity contribution < 1.29 is 13.2 Å². The summed E-state index contributed by atoms with van der Waals surface area (Å²) in [5.41, 5.74) is -0.784. The molecule has 1 aromatic heterocycles. The number of anilines is 1. The number of rotatable bonds is 4. The van der Waals surface area contributed by atoms with Crippen LogP contribution < -0.4 is 5.32 Å². The minimum absolute atomic E-state index is 0.165. The highest BCUT2D eigenvalue weighted by atomic mass is 79.9. The van der Waals surface area contributed by atoms with Crippen molar-refractivity contribution in [3.63, 3.8) is 0 Å². The summed E-state index contributed by atoms with van der Waals surface area (Å²) in [6, 6.07) is 0.838. The number of aromatic nitrogens is 1. The fourth-order valence-corrected chi connectivity index (χ4v) is 1.90. The molecule has 0 aromatic carbocycles. The molecule has 96 valence electrons. The Hall–Kier alpha value is -0.490. The summed E-state index contributed by atoms with van der Waals surface area (Å²) in [4.78, 5) is 3.75. The lowest BCUT2D eigenvalue weighted by atomic mass is 10.2. The van der Waals surface area contributed by atoms with Crippen LogP contribution in [0.25, 0.3) is 0 Å². The molecule has 1 N–H and O–H groups in total. The Bertz CT molecular complexity index is 384. The Morgan fingerprint density at radius 1 is 1.53 bits per heavy atom. The van der Waals surface area contributed by atoms with E-state index in [1.54, 1.807) is 6.92 Å². The van der Waals surface area contributed by atoms with E-state index in [1.165, 1.54) is 6.20 Å². The second-order valence-corrected chi connectivity index (χ2v) is 4.86. The summed E-state index contributed by atoms with van der Waals surface area (Å²) in [6.45, 7) is 1.76. The van der Waals surface area contributed by atoms with Gasteiger partial charge in [0.15, 0.2) is 0 Å². The maximum atomic E-state index is 12.7. The Balaban J connectivity index is 2.99. The molecule has 1 rings (SSSR count). The van der Waals surface area contributed by atoms with Crippen molar-refractivity contribution >= 4 is 33.3 Å². The summed E-state index contributed by atoms with van der Waals surface area (Å²) in [5.74, 6) is 0.213. The highest BCUT2D eigenvalue weighted by molar-refractivity contribution is 9.10. The number of nitrogens with zero attached hydrogens (tertiary/aromatic N) is 1. The maximum Gasteiger partial charge on any atom is 0.419 e. The molecule has 0 spiro atoms. The molecule has 1 aromatic rings. The Labute approximate surface area is 111 Å². The van der Waals surface area contributed by atoms with Gasteiger partial charge in [0.2, 0.25) is 0 Å². The molecule has 0 fully saturated rings. The Morgan fingerprint density at radius 3 is 2.71 bits per heavy atom. The van der Waals surface area contributed by atoms with Crippen LogP contribution in [0, 0.1) is 0 Å². The van der Waals surface area contributed by atoms with Gasteiger partial charge < -0.3 is 5.32 Å². The van der Waals surface area contributed by atoms with Crippen LogP contribution in [0.3, 0.4) is 0 Å². The monoisotopic (exact) mass is 330 g/mol. The molecule has 7 heteroatoms. The van der Waals surface area contributed by atoms with E-state index < -0.39 is 11.7 Å². The fourth-order valence-electron chi connectivity index (χ4n) is 1.24. The largest absolute Gasteiger partial charge is 0.419 e. The molecule has 0 amide bonds. The minimum Gasteiger partial charge on any atom is -0.367 e. The van der Waals surface area contributed by atoms with Crippen molar-refractivity contribution in [2.75, 3.05) is 11.2 Å². The van der Waals surface area contributed by atoms with Crippen LogP contribution in [0.4, 0.5) is 19.0 Å². The zero-order valence-electron chi connectivity index (χ0n) is 8.98. The molecule has 0 aliphatic heterocycles. The molecule has 1 atom stereocenters. The van der Waals surface area contributed by atoms with Crippen LogP contribution in [0.2, 0.25) is 0 Å². The molecule has 0 saturated heterocycles. The summed E-state index contributed by atoms with van der Waals surface area (Å²) in [6.07, 6.45) is -2.54. The summed E-state index contributed by atoms with van der Waals surface area (Å²) >= 11 is 8.50. The van der Waals surface area contributed by atoms with Gasteiger partial charge in [-0.05, 0) is 35.3 Å². The number of hydrogen-bond donors (Lipinski definition) is 1. The van der Waals surface area contributed by atoms with Gasteiger partial charge in [-0.2, -0.15) is 13.2 Å². The van der Waals surface area contributed by atoms with Crippen molar-refractivity contribution in [3.05, 3.63) is 22.3 Å². The third-order valence-corrected chi connectivity index (χ3v) is 2.74. The van der Waals surface area contributed by atoms with E-state index in [9.17, 15) is 13.2 Å². The normalized spacial score (nSPS) is 13.5. The van der Waals surface area contributed by atoms with Crippen molar-refractivity contribution in [1.29, 1.82) is 0 Å². The van der Waals surface area contributed by atoms with Gasteiger partial charge in [-0.25, -0.2) is 4.98 Å². The van der Waals surface area contributed by atoms with E-state index in [1.807, 2.05) is 0 Å². The van der Waals surface area contributed by atoms with E-state index in [0.717, 1.165) is 6.07 Å². The first-order valence-electron chi connectivity index (χ1n) is 4.90. The number of pyridine rings is 1. The van der Waals surface area contributed by atoms with Crippen molar-refractivity contribution in [3.8, 4) is 0 Å². The fraction of sp³-hybridized carbons (Fsp3) is 0.500. The lowest BCUT2D eigenvalue weighted by Gasteiger charge is -2.17. The molecule has 2 nitrogen and oxygen atoms in total. The van der Waals surface area contributed by atoms with E-state index >= 15 is 0 Å². The number of alkyl halides is 4. The zero-order chi connectivity index (χ0) is 13.1. The SMILES string of the molecule is CC(CCCl)Nc1ncc(Br)cc1C(F)(F)F. The van der Waals surface area contributed by atoms with Crippen LogP contribution in [-0.4, -0.2) is 16.9 Å². The molecule has 0 radical (unpaired) electrons. The first kappa shape index (κ1) is 14.6. The Kier molecular flexibility index (Phi) is 5.06. The maximum absolute atomic E-state index is 12.7. The highest BCUT2D eigenvalue weighted by Gasteiger charge is 2.34. The second kappa shape index (κ2) is 5.91. The molecule has 1 heterocycles. The molecule has 0 aliphatic carbocycles. The van der Waals surface area contributed by atoms with Crippen molar-refractivity contribution in [1.82, 2.24) is 4.98 Å². The van der Waals surface area contributed by atoms with Gasteiger partial charge in [0, 0.05) is 22.6 Å². The first-order valence-corrected chi connectivity index (χ1v) is 6.22. The minimum atomic E-state index is -4.43. The van der Waals surface area contributed by atoms with Crippen LogP contribution in [-0.2, 0) is 6.18 Å². The second-order valence-electron chi connectivity index (χ2n) is 3.57. The van der Waals surface area contributed by atoms with Crippen LogP contribution >= 0.6 is 27.5 Å². The zero-order valence-corrected chi connectivity index (χ0v) is 11.3. The van der Waals surface area contributed by atoms with Crippen molar-refractivity contribution in [2.45, 2.75) is 25.6 Å². The van der Waals surface area contributed by atoms with Gasteiger partial charge in [-0.1, -0.05) is 0 Å². The summed E-state index contributed by atoms with van der Waals surface area (Å²) in [5, 5.41) is 2.71. The molecule has 0 bridgehead atoms. The third kappa shape index (κ3) is 4.35. The molecule has 0 saturated carbocycles. The van der Waals surface area contributed by atoms with Gasteiger partial charge in [-0.3, -0.25) is 0 Å². The lowest BCUT2D eigenvalue weighted by Crippen LogP contribution is -2.20. The number of hydrogen-bond acceptors (Lipinski definition) is 2. The van der Waals surface area contributed by atoms with Gasteiger partial charge in [0.1, 0.15) is 5.82 Å². The van der Waals surface area contributed by atoms with Gasteiger partial charge >= 0.3 is 6.18 Å². The smallest absolute Gasteiger partial charge is 0.367 e. The Morgan fingerprint density at radius 2 is 2.18 bits per heavy atom. The summed E-state index contributed by atoms with van der Waals surface area (Å²) in [7, 11) is 0. The molecular formula is C10H11BrClF3N2.